The lowest BCUT2D eigenvalue weighted by Gasteiger charge is -2.20. The van der Waals surface area contributed by atoms with Gasteiger partial charge in [-0.2, -0.15) is 0 Å². The Morgan fingerprint density at radius 3 is 2.82 bits per heavy atom. The molecule has 154 valence electrons. The van der Waals surface area contributed by atoms with Crippen LogP contribution in [0, 0.1) is 17.8 Å². The summed E-state index contributed by atoms with van der Waals surface area (Å²) in [5, 5.41) is 18.9. The molecule has 0 unspecified atom stereocenters. The van der Waals surface area contributed by atoms with Gasteiger partial charge in [0.25, 0.3) is 0 Å². The molecule has 2 fully saturated rings. The van der Waals surface area contributed by atoms with Crippen LogP contribution in [0.1, 0.15) is 25.7 Å². The normalized spacial score (nSPS) is 28.6. The number of allylic oxidation sites excluding steroid dienone is 1. The molecule has 3 rings (SSSR count). The predicted octanol–water partition coefficient (Wildman–Crippen LogP) is 2.91. The zero-order chi connectivity index (χ0) is 19.8. The average Bonchev–Trinajstić information content (AvgIpc) is 2.97. The molecule has 0 aromatic heterocycles. The number of carboxylic acid groups (broad SMARTS) is 1. The number of hydrogen-bond acceptors (Lipinski definition) is 5. The van der Waals surface area contributed by atoms with Crippen molar-refractivity contribution in [3.05, 3.63) is 42.5 Å². The van der Waals surface area contributed by atoms with Crippen molar-refractivity contribution < 1.29 is 29.2 Å². The quantitative estimate of drug-likeness (QED) is 0.631. The lowest BCUT2D eigenvalue weighted by Crippen LogP contribution is -2.21. The van der Waals surface area contributed by atoms with Gasteiger partial charge >= 0.3 is 5.97 Å². The van der Waals surface area contributed by atoms with Gasteiger partial charge in [-0.1, -0.05) is 30.4 Å². The van der Waals surface area contributed by atoms with Crippen LogP contribution < -0.4 is 4.74 Å². The number of aliphatic hydroxyl groups excluding tert-OH is 1. The van der Waals surface area contributed by atoms with E-state index in [2.05, 4.69) is 6.08 Å². The van der Waals surface area contributed by atoms with Crippen LogP contribution in [0.4, 0.5) is 0 Å². The Bertz CT molecular complexity index is 631. The lowest BCUT2D eigenvalue weighted by molar-refractivity contribution is -0.143. The highest BCUT2D eigenvalue weighted by atomic mass is 16.5. The van der Waals surface area contributed by atoms with Crippen molar-refractivity contribution in [3.8, 4) is 5.75 Å². The predicted molar refractivity (Wildman–Crippen MR) is 104 cm³/mol. The molecule has 28 heavy (non-hydrogen) atoms. The van der Waals surface area contributed by atoms with E-state index in [1.807, 2.05) is 36.4 Å². The number of rotatable bonds is 9. The molecule has 1 aliphatic carbocycles. The zero-order valence-electron chi connectivity index (χ0n) is 16.1. The van der Waals surface area contributed by atoms with Crippen molar-refractivity contribution in [2.24, 2.45) is 17.8 Å². The summed E-state index contributed by atoms with van der Waals surface area (Å²) in [6, 6.07) is 9.48. The Morgan fingerprint density at radius 1 is 1.21 bits per heavy atom. The molecule has 1 saturated carbocycles. The van der Waals surface area contributed by atoms with E-state index >= 15 is 0 Å². The van der Waals surface area contributed by atoms with Crippen molar-refractivity contribution in [1.82, 2.24) is 0 Å². The van der Waals surface area contributed by atoms with Gasteiger partial charge in [0.2, 0.25) is 0 Å². The smallest absolute Gasteiger partial charge is 0.329 e. The minimum Gasteiger partial charge on any atom is -0.491 e. The molecule has 0 radical (unpaired) electrons. The van der Waals surface area contributed by atoms with Gasteiger partial charge < -0.3 is 24.4 Å². The van der Waals surface area contributed by atoms with Crippen LogP contribution in [-0.2, 0) is 14.3 Å². The molecule has 1 saturated heterocycles. The maximum Gasteiger partial charge on any atom is 0.329 e. The van der Waals surface area contributed by atoms with E-state index in [0.717, 1.165) is 31.4 Å². The molecule has 2 aliphatic rings. The lowest BCUT2D eigenvalue weighted by atomic mass is 9.88. The molecule has 6 heteroatoms. The van der Waals surface area contributed by atoms with Crippen LogP contribution in [-0.4, -0.2) is 54.8 Å². The molecule has 0 amide bonds. The van der Waals surface area contributed by atoms with E-state index in [0.29, 0.717) is 25.0 Å². The molecule has 1 aromatic carbocycles. The van der Waals surface area contributed by atoms with Crippen LogP contribution in [0.3, 0.4) is 0 Å². The van der Waals surface area contributed by atoms with Gasteiger partial charge in [0.1, 0.15) is 25.1 Å². The summed E-state index contributed by atoms with van der Waals surface area (Å²) in [6.45, 7) is 1.05. The molecule has 1 aromatic rings. The number of fused-ring (bicyclic) bond motifs is 1. The maximum absolute atomic E-state index is 10.6. The van der Waals surface area contributed by atoms with Crippen molar-refractivity contribution in [2.45, 2.75) is 37.9 Å². The topological polar surface area (TPSA) is 85.2 Å². The van der Waals surface area contributed by atoms with Gasteiger partial charge in [-0.05, 0) is 49.7 Å². The van der Waals surface area contributed by atoms with Crippen molar-refractivity contribution in [3.63, 3.8) is 0 Å². The highest BCUT2D eigenvalue weighted by molar-refractivity contribution is 5.67. The number of carboxylic acids is 1. The number of benzene rings is 1. The molecular weight excluding hydrogens is 360 g/mol. The van der Waals surface area contributed by atoms with Crippen LogP contribution >= 0.6 is 0 Å². The van der Waals surface area contributed by atoms with E-state index < -0.39 is 12.1 Å². The number of aliphatic hydroxyl groups is 1. The van der Waals surface area contributed by atoms with E-state index in [-0.39, 0.29) is 25.2 Å². The summed E-state index contributed by atoms with van der Waals surface area (Å²) in [4.78, 5) is 10.6. The standard InChI is InChI=1S/C22H30O6/c23-18(14-27-19-4-2-1-3-5-19)9-7-17-8-11-21-20(17)10-6-16(13-28-21)12-26-15-22(24)25/h1-5,7,9,16-18,20-21,23H,6,8,10-15H2,(H,24,25)/b9-7+/t16-,17+,18-,20-,21+/m1/s1. The van der Waals surface area contributed by atoms with Gasteiger partial charge in [-0.3, -0.25) is 0 Å². The number of carbonyl (C=O) groups is 1. The highest BCUT2D eigenvalue weighted by Gasteiger charge is 2.37. The Labute approximate surface area is 166 Å². The fraction of sp³-hybridized carbons (Fsp3) is 0.591. The third-order valence-electron chi connectivity index (χ3n) is 5.59. The van der Waals surface area contributed by atoms with Gasteiger partial charge in [-0.15, -0.1) is 0 Å². The Kier molecular flexibility index (Phi) is 7.89. The van der Waals surface area contributed by atoms with Crippen LogP contribution in [0.25, 0.3) is 0 Å². The van der Waals surface area contributed by atoms with E-state index in [1.165, 1.54) is 0 Å². The molecule has 2 N–H and O–H groups in total. The summed E-state index contributed by atoms with van der Waals surface area (Å²) in [5.74, 6) is 0.910. The number of hydrogen-bond donors (Lipinski definition) is 2. The number of para-hydroxylation sites is 1. The molecule has 1 heterocycles. The maximum atomic E-state index is 10.6. The highest BCUT2D eigenvalue weighted by Crippen LogP contribution is 2.41. The van der Waals surface area contributed by atoms with Gasteiger partial charge in [0, 0.05) is 5.92 Å². The molecule has 0 spiro atoms. The van der Waals surface area contributed by atoms with E-state index in [1.54, 1.807) is 0 Å². The molecular formula is C22H30O6. The molecule has 6 nitrogen and oxygen atoms in total. The fourth-order valence-corrected chi connectivity index (χ4v) is 4.15. The molecule has 0 bridgehead atoms. The van der Waals surface area contributed by atoms with Crippen molar-refractivity contribution >= 4 is 5.97 Å². The van der Waals surface area contributed by atoms with Crippen LogP contribution in [0.2, 0.25) is 0 Å². The summed E-state index contributed by atoms with van der Waals surface area (Å²) < 4.78 is 16.9. The van der Waals surface area contributed by atoms with Crippen LogP contribution in [0.5, 0.6) is 5.75 Å². The van der Waals surface area contributed by atoms with E-state index in [4.69, 9.17) is 19.3 Å². The Hall–Kier alpha value is -1.89. The third kappa shape index (κ3) is 6.33. The Balaban J connectivity index is 1.43. The fourth-order valence-electron chi connectivity index (χ4n) is 4.15. The second-order valence-corrected chi connectivity index (χ2v) is 7.71. The van der Waals surface area contributed by atoms with Gasteiger partial charge in [0.05, 0.1) is 19.3 Å². The Morgan fingerprint density at radius 2 is 2.04 bits per heavy atom. The summed E-state index contributed by atoms with van der Waals surface area (Å²) in [5.41, 5.74) is 0. The second-order valence-electron chi connectivity index (χ2n) is 7.71. The average molecular weight is 390 g/mol. The summed E-state index contributed by atoms with van der Waals surface area (Å²) in [6.07, 6.45) is 7.68. The zero-order valence-corrected chi connectivity index (χ0v) is 16.1. The summed E-state index contributed by atoms with van der Waals surface area (Å²) >= 11 is 0. The van der Waals surface area contributed by atoms with Gasteiger partial charge in [-0.25, -0.2) is 4.79 Å². The van der Waals surface area contributed by atoms with Crippen molar-refractivity contribution in [1.29, 1.82) is 0 Å². The first-order valence-corrected chi connectivity index (χ1v) is 10.1. The monoisotopic (exact) mass is 390 g/mol. The minimum absolute atomic E-state index is 0.237. The van der Waals surface area contributed by atoms with Gasteiger partial charge in [0.15, 0.2) is 0 Å². The number of ether oxygens (including phenoxy) is 3. The minimum atomic E-state index is -0.939. The van der Waals surface area contributed by atoms with Crippen molar-refractivity contribution in [2.75, 3.05) is 26.4 Å². The first kappa shape index (κ1) is 20.8. The first-order chi connectivity index (χ1) is 13.6. The molecule has 5 atom stereocenters. The van der Waals surface area contributed by atoms with Crippen LogP contribution in [0.15, 0.2) is 42.5 Å². The third-order valence-corrected chi connectivity index (χ3v) is 5.59. The molecule has 1 aliphatic heterocycles. The second kappa shape index (κ2) is 10.6. The number of aliphatic carboxylic acids is 1. The SMILES string of the molecule is O=C(O)COC[C@H]1CC[C@H]2[C@H](CC[C@@H]2/C=C/[C@@H](O)COc2ccccc2)OC1. The first-order valence-electron chi connectivity index (χ1n) is 10.1. The summed E-state index contributed by atoms with van der Waals surface area (Å²) in [7, 11) is 0. The van der Waals surface area contributed by atoms with E-state index in [9.17, 15) is 9.90 Å². The largest absolute Gasteiger partial charge is 0.491 e.